The van der Waals surface area contributed by atoms with E-state index < -0.39 is 25.7 Å². The van der Waals surface area contributed by atoms with E-state index in [0.717, 1.165) is 17.9 Å². The lowest BCUT2D eigenvalue weighted by Crippen LogP contribution is -3.00. The molecule has 0 rings (SSSR count). The fourth-order valence-corrected chi connectivity index (χ4v) is 0.994. The highest BCUT2D eigenvalue weighted by Crippen LogP contribution is 2.09. The van der Waals surface area contributed by atoms with Crippen molar-refractivity contribution in [2.24, 2.45) is 0 Å². The van der Waals surface area contributed by atoms with Gasteiger partial charge in [-0.3, -0.25) is 12.9 Å². The highest BCUT2D eigenvalue weighted by atomic mass is 19.4. The largest absolute Gasteiger partial charge is 1.00 e. The number of esters is 1. The molecule has 4 nitrogen and oxygen atoms in total. The summed E-state index contributed by atoms with van der Waals surface area (Å²) < 4.78 is 64.4. The number of rotatable bonds is 4. The van der Waals surface area contributed by atoms with Gasteiger partial charge in [0.1, 0.15) is 20.4 Å². The summed E-state index contributed by atoms with van der Waals surface area (Å²) in [5, 5.41) is 0. The number of ether oxygens (including phenoxy) is 2. The average molecular weight is 309 g/mol. The first kappa shape index (κ1) is 23.4. The van der Waals surface area contributed by atoms with E-state index >= 15 is 0 Å². The molecular weight excluding hydrogens is 295 g/mol. The predicted molar refractivity (Wildman–Crippen MR) is 59.3 cm³/mol. The third kappa shape index (κ3) is 10.3. The Morgan fingerprint density at radius 3 is 1.80 bits per heavy atom. The summed E-state index contributed by atoms with van der Waals surface area (Å²) in [6, 6.07) is 0. The first-order valence-electron chi connectivity index (χ1n) is 4.75. The van der Waals surface area contributed by atoms with Crippen LogP contribution in [0.15, 0.2) is 11.8 Å². The predicted octanol–water partition coefficient (Wildman–Crippen LogP) is -1.45. The minimum atomic E-state index is -3.67. The fraction of sp³-hybridized carbons (Fsp3) is 0.556. The van der Waals surface area contributed by atoms with Crippen LogP contribution in [-0.2, 0) is 14.3 Å². The van der Waals surface area contributed by atoms with Crippen molar-refractivity contribution in [1.82, 2.24) is 0 Å². The van der Waals surface area contributed by atoms with Crippen molar-refractivity contribution in [2.75, 3.05) is 28.3 Å². The molecule has 0 amide bonds. The molecule has 118 valence electrons. The SMILES string of the molecule is CO/C=C(/C(=O)OC)C(C(F)F)=[N+](C)C.FB(F)F.[F-]. The van der Waals surface area contributed by atoms with Crippen LogP contribution in [0, 0.1) is 0 Å². The van der Waals surface area contributed by atoms with Crippen molar-refractivity contribution < 1.29 is 45.3 Å². The summed E-state index contributed by atoms with van der Waals surface area (Å²) in [7, 11) is 1.54. The number of methoxy groups -OCH3 is 2. The highest BCUT2D eigenvalue weighted by molar-refractivity contribution is 6.33. The van der Waals surface area contributed by atoms with E-state index in [9.17, 15) is 26.5 Å². The van der Waals surface area contributed by atoms with Crippen LogP contribution in [0.25, 0.3) is 0 Å². The lowest BCUT2D eigenvalue weighted by Gasteiger charge is -2.05. The van der Waals surface area contributed by atoms with Gasteiger partial charge >= 0.3 is 19.9 Å². The smallest absolute Gasteiger partial charge is 0.762 e. The summed E-state index contributed by atoms with van der Waals surface area (Å²) >= 11 is 0. The van der Waals surface area contributed by atoms with Crippen LogP contribution in [0.4, 0.5) is 21.7 Å². The van der Waals surface area contributed by atoms with Crippen molar-refractivity contribution in [3.63, 3.8) is 0 Å². The van der Waals surface area contributed by atoms with Crippen LogP contribution >= 0.6 is 0 Å². The second-order valence-electron chi connectivity index (χ2n) is 3.09. The van der Waals surface area contributed by atoms with Gasteiger partial charge in [0, 0.05) is 0 Å². The van der Waals surface area contributed by atoms with Crippen LogP contribution in [0.5, 0.6) is 0 Å². The standard InChI is InChI=1S/C9H14F2NO3.BF3.FH/c1-12(2)7(8(10)11)6(5-14-3)9(13)15-4;2-1(3)4;/h5,8H,1-4H3;;1H/q+1;;/p-1/b6-5+;;. The van der Waals surface area contributed by atoms with E-state index in [4.69, 9.17) is 0 Å². The van der Waals surface area contributed by atoms with E-state index in [1.165, 1.54) is 21.2 Å². The van der Waals surface area contributed by atoms with Gasteiger partial charge in [-0.05, 0) is 0 Å². The molecule has 11 heteroatoms. The molecule has 0 aliphatic heterocycles. The molecule has 0 unspecified atom stereocenters. The maximum atomic E-state index is 12.6. The zero-order valence-corrected chi connectivity index (χ0v) is 11.2. The molecule has 0 aliphatic rings. The summed E-state index contributed by atoms with van der Waals surface area (Å²) in [4.78, 5) is 11.2. The monoisotopic (exact) mass is 309 g/mol. The summed E-state index contributed by atoms with van der Waals surface area (Å²) in [5.74, 6) is -0.860. The van der Waals surface area contributed by atoms with Crippen molar-refractivity contribution in [3.05, 3.63) is 11.8 Å². The maximum Gasteiger partial charge on any atom is 0.762 e. The molecular formula is C9H14BF6NO3. The van der Waals surface area contributed by atoms with Gasteiger partial charge in [0.2, 0.25) is 0 Å². The molecule has 0 aromatic rings. The minimum Gasteiger partial charge on any atom is -1.00 e. The van der Waals surface area contributed by atoms with E-state index in [1.54, 1.807) is 0 Å². The topological polar surface area (TPSA) is 38.5 Å². The molecule has 0 heterocycles. The van der Waals surface area contributed by atoms with Crippen LogP contribution in [0.3, 0.4) is 0 Å². The average Bonchev–Trinajstić information content (AvgIpc) is 2.25. The highest BCUT2D eigenvalue weighted by Gasteiger charge is 2.32. The Hall–Kier alpha value is -1.68. The Labute approximate surface area is 112 Å². The molecule has 0 saturated carbocycles. The van der Waals surface area contributed by atoms with Gasteiger partial charge in [-0.2, -0.15) is 8.78 Å². The Morgan fingerprint density at radius 1 is 1.20 bits per heavy atom. The zero-order valence-electron chi connectivity index (χ0n) is 11.2. The summed E-state index contributed by atoms with van der Waals surface area (Å²) in [5.41, 5.74) is -0.733. The molecule has 0 spiro atoms. The van der Waals surface area contributed by atoms with Crippen molar-refractivity contribution >= 4 is 19.2 Å². The normalized spacial score (nSPS) is 9.80. The first-order valence-corrected chi connectivity index (χ1v) is 4.75. The number of halogens is 6. The van der Waals surface area contributed by atoms with Crippen molar-refractivity contribution in [1.29, 1.82) is 0 Å². The van der Waals surface area contributed by atoms with Gasteiger partial charge in [0.25, 0.3) is 5.71 Å². The first-order chi connectivity index (χ1) is 8.68. The molecule has 20 heavy (non-hydrogen) atoms. The van der Waals surface area contributed by atoms with Crippen molar-refractivity contribution in [3.8, 4) is 0 Å². The zero-order chi connectivity index (χ0) is 15.6. The molecule has 0 radical (unpaired) electrons. The van der Waals surface area contributed by atoms with E-state index in [2.05, 4.69) is 9.47 Å². The molecule has 0 bridgehead atoms. The molecule has 0 aliphatic carbocycles. The Balaban J connectivity index is -0.000000508. The summed E-state index contributed by atoms with van der Waals surface area (Å²) in [6.07, 6.45) is -1.84. The number of carbonyl (C=O) groups excluding carboxylic acids is 1. The van der Waals surface area contributed by atoms with Gasteiger partial charge in [-0.1, -0.05) is 0 Å². The number of carbonyl (C=O) groups is 1. The molecule has 0 N–H and O–H groups in total. The van der Waals surface area contributed by atoms with E-state index in [0.29, 0.717) is 0 Å². The second kappa shape index (κ2) is 12.4. The quantitative estimate of drug-likeness (QED) is 0.121. The molecule has 0 saturated heterocycles. The minimum absolute atomic E-state index is 0. The third-order valence-corrected chi connectivity index (χ3v) is 1.61. The van der Waals surface area contributed by atoms with Gasteiger partial charge in [-0.15, -0.1) is 0 Å². The van der Waals surface area contributed by atoms with Gasteiger partial charge in [0.15, 0.2) is 5.57 Å². The molecule has 0 aromatic heterocycles. The van der Waals surface area contributed by atoms with Gasteiger partial charge in [0.05, 0.1) is 14.2 Å². The maximum absolute atomic E-state index is 12.6. The lowest BCUT2D eigenvalue weighted by atomic mass is 10.2. The van der Waals surface area contributed by atoms with Gasteiger partial charge in [-0.25, -0.2) is 9.37 Å². The van der Waals surface area contributed by atoms with Gasteiger partial charge < -0.3 is 14.2 Å². The Morgan fingerprint density at radius 2 is 1.60 bits per heavy atom. The Bertz CT molecular complexity index is 342. The van der Waals surface area contributed by atoms with E-state index in [-0.39, 0.29) is 10.3 Å². The number of hydrogen-bond donors (Lipinski definition) is 0. The second-order valence-corrected chi connectivity index (χ2v) is 3.09. The Kier molecular flexibility index (Phi) is 14.5. The van der Waals surface area contributed by atoms with Crippen LogP contribution in [0.1, 0.15) is 0 Å². The number of alkyl halides is 2. The molecule has 0 aromatic carbocycles. The third-order valence-electron chi connectivity index (χ3n) is 1.61. The van der Waals surface area contributed by atoms with Crippen LogP contribution in [-0.4, -0.2) is 58.5 Å². The number of hydrogen-bond acceptors (Lipinski definition) is 3. The number of nitrogens with zero attached hydrogens (tertiary/aromatic N) is 1. The van der Waals surface area contributed by atoms with Crippen LogP contribution in [0.2, 0.25) is 0 Å². The van der Waals surface area contributed by atoms with Crippen molar-refractivity contribution in [2.45, 2.75) is 6.43 Å². The van der Waals surface area contributed by atoms with E-state index in [1.807, 2.05) is 0 Å². The fourth-order valence-electron chi connectivity index (χ4n) is 0.994. The molecule has 0 fully saturated rings. The molecule has 0 atom stereocenters. The van der Waals surface area contributed by atoms with Crippen LogP contribution < -0.4 is 4.70 Å². The lowest BCUT2D eigenvalue weighted by molar-refractivity contribution is -0.467. The summed E-state index contributed by atoms with van der Waals surface area (Å²) in [6.45, 7) is 0.